The quantitative estimate of drug-likeness (QED) is 0.0570. The largest absolute Gasteiger partial charge is 0.506 e. The Kier molecular flexibility index (Phi) is 22.0. The molecule has 0 spiro atoms. The molecule has 3 rings (SSSR count). The van der Waals surface area contributed by atoms with Gasteiger partial charge >= 0.3 is 0 Å². The lowest BCUT2D eigenvalue weighted by molar-refractivity contribution is -0.125. The van der Waals surface area contributed by atoms with Crippen molar-refractivity contribution in [1.82, 2.24) is 10.6 Å². The van der Waals surface area contributed by atoms with Gasteiger partial charge in [-0.2, -0.15) is 0 Å². The third kappa shape index (κ3) is 16.3. The van der Waals surface area contributed by atoms with E-state index in [2.05, 4.69) is 47.9 Å². The van der Waals surface area contributed by atoms with Gasteiger partial charge in [0.15, 0.2) is 5.78 Å². The molecule has 2 aliphatic heterocycles. The minimum Gasteiger partial charge on any atom is -0.506 e. The molecule has 3 atom stereocenters. The second-order valence-corrected chi connectivity index (χ2v) is 15.8. The Balaban J connectivity index is 0.000000863. The first-order chi connectivity index (χ1) is 27.7. The zero-order chi connectivity index (χ0) is 45.1. The van der Waals surface area contributed by atoms with Crippen molar-refractivity contribution in [3.05, 3.63) is 82.2 Å². The fraction of sp³-hybridized carbons (Fsp3) is 0.542. The van der Waals surface area contributed by atoms with E-state index in [0.29, 0.717) is 60.6 Å². The summed E-state index contributed by atoms with van der Waals surface area (Å²) in [5.74, 6) is -0.450. The van der Waals surface area contributed by atoms with Gasteiger partial charge in [0.2, 0.25) is 11.8 Å². The van der Waals surface area contributed by atoms with Crippen LogP contribution >= 0.6 is 0 Å². The van der Waals surface area contributed by atoms with Crippen LogP contribution in [0.1, 0.15) is 137 Å². The Morgan fingerprint density at radius 3 is 2.22 bits per heavy atom. The molecule has 11 heteroatoms. The van der Waals surface area contributed by atoms with Crippen molar-refractivity contribution >= 4 is 29.5 Å². The average Bonchev–Trinajstić information content (AvgIpc) is 3.16. The number of ether oxygens (including phenoxy) is 4. The third-order valence-corrected chi connectivity index (χ3v) is 9.74. The first kappa shape index (κ1) is 52.1. The van der Waals surface area contributed by atoms with Crippen LogP contribution in [0.5, 0.6) is 17.2 Å². The predicted octanol–water partition coefficient (Wildman–Crippen LogP) is 9.48. The lowest BCUT2D eigenvalue weighted by atomic mass is 9.84. The van der Waals surface area contributed by atoms with Gasteiger partial charge in [-0.05, 0) is 120 Å². The van der Waals surface area contributed by atoms with Crippen LogP contribution in [0, 0.1) is 5.92 Å². The van der Waals surface area contributed by atoms with Crippen LogP contribution in [0.2, 0.25) is 0 Å². The fourth-order valence-electron chi connectivity index (χ4n) is 6.20. The maximum Gasteiger partial charge on any atom is 0.246 e. The standard InChI is InChI=1S/C36H48O6.C10H18N2O3.C2H6/c1-11-40-35(8,9)19-16-26(24(6)37)21-29-25(7)41-34-28(15-14-23(4)5)33-27(31(38)30(34)32(29)39)17-20-36(10,42-33)18-12-13-22(2)3;1-4-8(2)10(14)12-6-5-11-9(13)7-15-3;1-2/h11,13-14,17,20-21,25-26,38H,1,12,15-16,18-19H2,2-10H3;4H,5-7H2,1-3H3,(H,11,13)(H,12,14);1-2H3/b29-21+;8-4-;/t25?,26?,36-;;/m1../s1. The number of ketones is 2. The molecular weight excluding hydrogens is 749 g/mol. The highest BCUT2D eigenvalue weighted by Gasteiger charge is 2.40. The summed E-state index contributed by atoms with van der Waals surface area (Å²) in [4.78, 5) is 48.9. The lowest BCUT2D eigenvalue weighted by Gasteiger charge is -2.36. The number of amides is 2. The van der Waals surface area contributed by atoms with E-state index in [9.17, 15) is 24.3 Å². The van der Waals surface area contributed by atoms with Crippen molar-refractivity contribution in [2.24, 2.45) is 5.92 Å². The fourth-order valence-corrected chi connectivity index (χ4v) is 6.20. The van der Waals surface area contributed by atoms with Crippen LogP contribution in [-0.2, 0) is 30.3 Å². The van der Waals surface area contributed by atoms with Crippen molar-refractivity contribution < 1.29 is 43.2 Å². The number of nitrogens with one attached hydrogen (secondary N) is 2. The molecule has 0 saturated carbocycles. The van der Waals surface area contributed by atoms with Crippen molar-refractivity contribution in [3.63, 3.8) is 0 Å². The molecule has 328 valence electrons. The summed E-state index contributed by atoms with van der Waals surface area (Å²) in [5.41, 5.74) is 3.65. The van der Waals surface area contributed by atoms with Crippen molar-refractivity contribution in [3.8, 4) is 17.2 Å². The Hall–Kier alpha value is -4.90. The van der Waals surface area contributed by atoms with E-state index in [1.54, 1.807) is 32.9 Å². The number of phenolic OH excluding ortho intramolecular Hbond substituents is 1. The number of hydrogen-bond donors (Lipinski definition) is 3. The van der Waals surface area contributed by atoms with Gasteiger partial charge in [-0.1, -0.05) is 55.9 Å². The summed E-state index contributed by atoms with van der Waals surface area (Å²) >= 11 is 0. The monoisotopic (exact) mass is 821 g/mol. The van der Waals surface area contributed by atoms with Gasteiger partial charge in [0.1, 0.15) is 52.5 Å². The van der Waals surface area contributed by atoms with Gasteiger partial charge in [0.25, 0.3) is 0 Å². The molecule has 0 fully saturated rings. The summed E-state index contributed by atoms with van der Waals surface area (Å²) < 4.78 is 23.3. The van der Waals surface area contributed by atoms with Gasteiger partial charge in [-0.25, -0.2) is 0 Å². The highest BCUT2D eigenvalue weighted by molar-refractivity contribution is 6.15. The molecule has 2 heterocycles. The smallest absolute Gasteiger partial charge is 0.246 e. The molecule has 2 aliphatic rings. The van der Waals surface area contributed by atoms with Gasteiger partial charge in [-0.3, -0.25) is 19.2 Å². The molecule has 0 radical (unpaired) electrons. The molecule has 0 saturated heterocycles. The number of aromatic hydroxyl groups is 1. The second kappa shape index (κ2) is 24.9. The van der Waals surface area contributed by atoms with Gasteiger partial charge in [0.05, 0.1) is 11.8 Å². The Labute approximate surface area is 354 Å². The van der Waals surface area contributed by atoms with E-state index in [1.807, 2.05) is 60.6 Å². The number of fused-ring (bicyclic) bond motifs is 2. The van der Waals surface area contributed by atoms with Crippen LogP contribution in [0.15, 0.2) is 65.5 Å². The molecule has 0 bridgehead atoms. The normalized spacial score (nSPS) is 17.8. The molecule has 3 N–H and O–H groups in total. The number of benzene rings is 1. The SMILES string of the molecule is C/C=C(/C)C(=O)NCCNC(=O)COC.C=COC(C)(C)CCC(/C=C1/C(=O)c2c(O)c3c(c(CC=C(C)C)c2OC1C)O[C@](C)(CCC=C(C)C)C=C3)C(C)=O.CC. The lowest BCUT2D eigenvalue weighted by Crippen LogP contribution is -2.36. The Bertz CT molecular complexity index is 1790. The zero-order valence-corrected chi connectivity index (χ0v) is 38.3. The van der Waals surface area contributed by atoms with Crippen molar-refractivity contribution in [2.75, 3.05) is 26.8 Å². The molecule has 0 aliphatic carbocycles. The topological polar surface area (TPSA) is 149 Å². The number of phenols is 1. The van der Waals surface area contributed by atoms with Gasteiger partial charge in [0, 0.05) is 42.8 Å². The zero-order valence-electron chi connectivity index (χ0n) is 38.3. The van der Waals surface area contributed by atoms with E-state index >= 15 is 0 Å². The molecule has 2 amide bonds. The molecular formula is C48H72N2O9. The van der Waals surface area contributed by atoms with E-state index < -0.39 is 23.2 Å². The van der Waals surface area contributed by atoms with E-state index in [-0.39, 0.29) is 41.3 Å². The van der Waals surface area contributed by atoms with E-state index in [0.717, 1.165) is 24.0 Å². The van der Waals surface area contributed by atoms with Crippen LogP contribution in [0.4, 0.5) is 0 Å². The molecule has 0 aromatic heterocycles. The molecule has 59 heavy (non-hydrogen) atoms. The number of carbonyl (C=O) groups excluding carboxylic acids is 4. The summed E-state index contributed by atoms with van der Waals surface area (Å²) in [6.07, 6.45) is 15.5. The summed E-state index contributed by atoms with van der Waals surface area (Å²) in [6, 6.07) is 0. The van der Waals surface area contributed by atoms with Crippen LogP contribution in [-0.4, -0.2) is 72.6 Å². The first-order valence-electron chi connectivity index (χ1n) is 20.7. The van der Waals surface area contributed by atoms with Crippen LogP contribution in [0.3, 0.4) is 0 Å². The van der Waals surface area contributed by atoms with Crippen LogP contribution < -0.4 is 20.1 Å². The van der Waals surface area contributed by atoms with E-state index in [4.69, 9.17) is 14.2 Å². The average molecular weight is 821 g/mol. The molecule has 1 aromatic carbocycles. The van der Waals surface area contributed by atoms with Crippen molar-refractivity contribution in [2.45, 2.75) is 139 Å². The van der Waals surface area contributed by atoms with Crippen molar-refractivity contribution in [1.29, 1.82) is 0 Å². The summed E-state index contributed by atoms with van der Waals surface area (Å²) in [5, 5.41) is 16.8. The van der Waals surface area contributed by atoms with Gasteiger partial charge in [-0.15, -0.1) is 0 Å². The highest BCUT2D eigenvalue weighted by Crippen LogP contribution is 2.51. The number of methoxy groups -OCH3 is 1. The molecule has 2 unspecified atom stereocenters. The maximum absolute atomic E-state index is 14.1. The number of Topliss-reactive ketones (excluding diaryl/α,β-unsaturated/α-hetero) is 2. The summed E-state index contributed by atoms with van der Waals surface area (Å²) in [7, 11) is 1.46. The minimum atomic E-state index is -0.615. The maximum atomic E-state index is 14.1. The van der Waals surface area contributed by atoms with Gasteiger partial charge < -0.3 is 34.7 Å². The highest BCUT2D eigenvalue weighted by atomic mass is 16.5. The number of hydrogen-bond acceptors (Lipinski definition) is 9. The third-order valence-electron chi connectivity index (χ3n) is 9.74. The number of allylic oxidation sites excluding steroid dienone is 6. The van der Waals surface area contributed by atoms with E-state index in [1.165, 1.54) is 25.9 Å². The van der Waals surface area contributed by atoms with Crippen LogP contribution in [0.25, 0.3) is 6.08 Å². The summed E-state index contributed by atoms with van der Waals surface area (Å²) in [6.45, 7) is 29.5. The number of carbonyl (C=O) groups is 4. The second-order valence-electron chi connectivity index (χ2n) is 15.8. The molecule has 1 aromatic rings. The molecule has 11 nitrogen and oxygen atoms in total. The first-order valence-corrected chi connectivity index (χ1v) is 20.7. The Morgan fingerprint density at radius 1 is 1.03 bits per heavy atom. The minimum absolute atomic E-state index is 0.0435. The Morgan fingerprint density at radius 2 is 1.66 bits per heavy atom. The predicted molar refractivity (Wildman–Crippen MR) is 238 cm³/mol. The number of rotatable bonds is 18.